The van der Waals surface area contributed by atoms with E-state index in [0.717, 1.165) is 23.3 Å². The number of carbonyl (C=O) groups excluding carboxylic acids is 2. The molecule has 182 valence electrons. The standard InChI is InChI=1S/C28H30N2O4S/c1-4-15-29(28(32)21-9-11-22(33-3)12-10-21)18-27(31)30-16-13-26-23(14-17-35-26)24(30)19-34-25-8-6-5-7-20(25)2/h4-12,14,17,24H,1,13,15-16,18-19H2,2-3H3/t24-/m0/s1. The molecule has 3 aromatic rings. The molecule has 4 rings (SSSR count). The number of rotatable bonds is 9. The van der Waals surface area contributed by atoms with Gasteiger partial charge >= 0.3 is 0 Å². The number of fused-ring (bicyclic) bond motifs is 1. The van der Waals surface area contributed by atoms with E-state index >= 15 is 0 Å². The number of thiophene rings is 1. The second kappa shape index (κ2) is 11.2. The molecule has 0 bridgehead atoms. The Morgan fingerprint density at radius 3 is 2.66 bits per heavy atom. The van der Waals surface area contributed by atoms with Crippen molar-refractivity contribution in [2.24, 2.45) is 0 Å². The van der Waals surface area contributed by atoms with Gasteiger partial charge in [0.2, 0.25) is 5.91 Å². The summed E-state index contributed by atoms with van der Waals surface area (Å²) in [5, 5.41) is 2.07. The molecule has 0 radical (unpaired) electrons. The van der Waals surface area contributed by atoms with Gasteiger partial charge in [-0.2, -0.15) is 0 Å². The molecule has 0 saturated heterocycles. The Kier molecular flexibility index (Phi) is 7.87. The van der Waals surface area contributed by atoms with Crippen LogP contribution in [0, 0.1) is 6.92 Å². The highest BCUT2D eigenvalue weighted by atomic mass is 32.1. The quantitative estimate of drug-likeness (QED) is 0.401. The van der Waals surface area contributed by atoms with E-state index in [1.54, 1.807) is 48.8 Å². The van der Waals surface area contributed by atoms with Gasteiger partial charge in [0.25, 0.3) is 5.91 Å². The van der Waals surface area contributed by atoms with Gasteiger partial charge in [-0.15, -0.1) is 17.9 Å². The predicted octanol–water partition coefficient (Wildman–Crippen LogP) is 4.90. The number of ether oxygens (including phenoxy) is 2. The molecule has 1 aliphatic heterocycles. The molecule has 0 spiro atoms. The van der Waals surface area contributed by atoms with Crippen molar-refractivity contribution in [2.45, 2.75) is 19.4 Å². The summed E-state index contributed by atoms with van der Waals surface area (Å²) in [7, 11) is 1.58. The number of amides is 2. The first-order valence-corrected chi connectivity index (χ1v) is 12.5. The van der Waals surface area contributed by atoms with Gasteiger partial charge < -0.3 is 19.3 Å². The van der Waals surface area contributed by atoms with Crippen molar-refractivity contribution in [3.63, 3.8) is 0 Å². The third-order valence-electron chi connectivity index (χ3n) is 6.21. The molecule has 1 atom stereocenters. The summed E-state index contributed by atoms with van der Waals surface area (Å²) >= 11 is 1.71. The number of benzene rings is 2. The monoisotopic (exact) mass is 490 g/mol. The van der Waals surface area contributed by atoms with E-state index < -0.39 is 0 Å². The van der Waals surface area contributed by atoms with Gasteiger partial charge in [-0.3, -0.25) is 9.59 Å². The lowest BCUT2D eigenvalue weighted by molar-refractivity contribution is -0.135. The molecule has 1 aromatic heterocycles. The molecular weight excluding hydrogens is 460 g/mol. The SMILES string of the molecule is C=CCN(CC(=O)N1CCc2sccc2[C@@H]1COc1ccccc1C)C(=O)c1ccc(OC)cc1. The van der Waals surface area contributed by atoms with Crippen molar-refractivity contribution in [1.29, 1.82) is 0 Å². The zero-order chi connectivity index (χ0) is 24.8. The smallest absolute Gasteiger partial charge is 0.254 e. The van der Waals surface area contributed by atoms with Gasteiger partial charge in [-0.1, -0.05) is 24.3 Å². The Hall–Kier alpha value is -3.58. The van der Waals surface area contributed by atoms with Gasteiger partial charge in [-0.25, -0.2) is 0 Å². The van der Waals surface area contributed by atoms with E-state index in [9.17, 15) is 9.59 Å². The van der Waals surface area contributed by atoms with Gasteiger partial charge in [0, 0.05) is 23.5 Å². The molecule has 0 fully saturated rings. The molecule has 0 unspecified atom stereocenters. The Balaban J connectivity index is 1.52. The minimum absolute atomic E-state index is 0.0305. The summed E-state index contributed by atoms with van der Waals surface area (Å²) in [6.07, 6.45) is 2.44. The average molecular weight is 491 g/mol. The number of hydrogen-bond donors (Lipinski definition) is 0. The number of hydrogen-bond acceptors (Lipinski definition) is 5. The van der Waals surface area contributed by atoms with Gasteiger partial charge in [0.15, 0.2) is 0 Å². The highest BCUT2D eigenvalue weighted by Gasteiger charge is 2.33. The molecule has 0 N–H and O–H groups in total. The molecule has 2 heterocycles. The maximum absolute atomic E-state index is 13.6. The molecule has 2 amide bonds. The van der Waals surface area contributed by atoms with E-state index in [0.29, 0.717) is 24.5 Å². The molecule has 1 aliphatic rings. The van der Waals surface area contributed by atoms with E-state index in [-0.39, 0.29) is 30.9 Å². The first-order valence-electron chi connectivity index (χ1n) is 11.6. The van der Waals surface area contributed by atoms with Crippen molar-refractivity contribution in [3.05, 3.63) is 94.2 Å². The number of aryl methyl sites for hydroxylation is 1. The average Bonchev–Trinajstić information content (AvgIpc) is 3.36. The maximum atomic E-state index is 13.6. The fourth-order valence-corrected chi connectivity index (χ4v) is 5.24. The summed E-state index contributed by atoms with van der Waals surface area (Å²) in [5.41, 5.74) is 2.67. The van der Waals surface area contributed by atoms with Crippen LogP contribution in [0.5, 0.6) is 11.5 Å². The van der Waals surface area contributed by atoms with Gasteiger partial charge in [-0.05, 0) is 66.2 Å². The number of carbonyl (C=O) groups is 2. The molecular formula is C28H30N2O4S. The van der Waals surface area contributed by atoms with Crippen LogP contribution in [0.15, 0.2) is 72.6 Å². The van der Waals surface area contributed by atoms with Crippen LogP contribution in [0.1, 0.15) is 32.4 Å². The van der Waals surface area contributed by atoms with E-state index in [4.69, 9.17) is 9.47 Å². The van der Waals surface area contributed by atoms with Gasteiger partial charge in [0.05, 0.1) is 13.2 Å². The van der Waals surface area contributed by atoms with Crippen molar-refractivity contribution in [2.75, 3.05) is 33.4 Å². The zero-order valence-electron chi connectivity index (χ0n) is 20.1. The number of methoxy groups -OCH3 is 1. The Labute approximate surface area is 210 Å². The second-order valence-corrected chi connectivity index (χ2v) is 9.43. The van der Waals surface area contributed by atoms with E-state index in [2.05, 4.69) is 18.0 Å². The maximum Gasteiger partial charge on any atom is 0.254 e. The van der Waals surface area contributed by atoms with Crippen LogP contribution >= 0.6 is 11.3 Å². The Morgan fingerprint density at radius 1 is 1.17 bits per heavy atom. The molecule has 35 heavy (non-hydrogen) atoms. The van der Waals surface area contributed by atoms with Crippen molar-refractivity contribution in [1.82, 2.24) is 9.80 Å². The van der Waals surface area contributed by atoms with E-state index in [1.807, 2.05) is 36.1 Å². The molecule has 6 nitrogen and oxygen atoms in total. The third kappa shape index (κ3) is 5.57. The third-order valence-corrected chi connectivity index (χ3v) is 7.20. The summed E-state index contributed by atoms with van der Waals surface area (Å²) in [4.78, 5) is 31.4. The van der Waals surface area contributed by atoms with Crippen LogP contribution in [-0.4, -0.2) is 55.0 Å². The Bertz CT molecular complexity index is 1190. The van der Waals surface area contributed by atoms with Crippen molar-refractivity contribution >= 4 is 23.2 Å². The largest absolute Gasteiger partial charge is 0.497 e. The summed E-state index contributed by atoms with van der Waals surface area (Å²) in [5.74, 6) is 1.15. The van der Waals surface area contributed by atoms with Crippen molar-refractivity contribution in [3.8, 4) is 11.5 Å². The first kappa shape index (κ1) is 24.5. The van der Waals surface area contributed by atoms with Crippen LogP contribution in [-0.2, 0) is 11.2 Å². The minimum atomic E-state index is -0.221. The fraction of sp³-hybridized carbons (Fsp3) is 0.286. The van der Waals surface area contributed by atoms with Gasteiger partial charge in [0.1, 0.15) is 24.7 Å². The first-order chi connectivity index (χ1) is 17.0. The van der Waals surface area contributed by atoms with Crippen LogP contribution in [0.25, 0.3) is 0 Å². The van der Waals surface area contributed by atoms with Crippen LogP contribution in [0.4, 0.5) is 0 Å². The predicted molar refractivity (Wildman–Crippen MR) is 138 cm³/mol. The van der Waals surface area contributed by atoms with E-state index in [1.165, 1.54) is 9.78 Å². The lowest BCUT2D eigenvalue weighted by Crippen LogP contribution is -2.47. The van der Waals surface area contributed by atoms with Crippen LogP contribution in [0.3, 0.4) is 0 Å². The highest BCUT2D eigenvalue weighted by Crippen LogP contribution is 2.34. The molecule has 0 aliphatic carbocycles. The normalized spacial score (nSPS) is 14.7. The zero-order valence-corrected chi connectivity index (χ0v) is 20.9. The van der Waals surface area contributed by atoms with Crippen LogP contribution in [0.2, 0.25) is 0 Å². The lowest BCUT2D eigenvalue weighted by atomic mass is 10.00. The lowest BCUT2D eigenvalue weighted by Gasteiger charge is -2.37. The Morgan fingerprint density at radius 2 is 1.94 bits per heavy atom. The van der Waals surface area contributed by atoms with Crippen molar-refractivity contribution < 1.29 is 19.1 Å². The summed E-state index contributed by atoms with van der Waals surface area (Å²) in [6, 6.07) is 16.6. The highest BCUT2D eigenvalue weighted by molar-refractivity contribution is 7.10. The molecule has 2 aromatic carbocycles. The minimum Gasteiger partial charge on any atom is -0.497 e. The van der Waals surface area contributed by atoms with Crippen LogP contribution < -0.4 is 9.47 Å². The number of nitrogens with zero attached hydrogens (tertiary/aromatic N) is 2. The molecule has 7 heteroatoms. The summed E-state index contributed by atoms with van der Waals surface area (Å²) < 4.78 is 11.4. The summed E-state index contributed by atoms with van der Waals surface area (Å²) in [6.45, 7) is 6.97. The fourth-order valence-electron chi connectivity index (χ4n) is 4.31. The molecule has 0 saturated carbocycles. The number of para-hydroxylation sites is 1. The second-order valence-electron chi connectivity index (χ2n) is 8.43. The topological polar surface area (TPSA) is 59.1 Å².